The minimum atomic E-state index is 0.648. The second kappa shape index (κ2) is 4.39. The first kappa shape index (κ1) is 12.8. The normalized spacial score (nSPS) is 36.1. The molecule has 1 aromatic rings. The Morgan fingerprint density at radius 2 is 1.76 bits per heavy atom. The molecular formula is C17H18Cl2N2. The van der Waals surface area contributed by atoms with Gasteiger partial charge in [0.15, 0.2) is 0 Å². The molecule has 0 radical (unpaired) electrons. The number of rotatable bonds is 0. The quantitative estimate of drug-likeness (QED) is 0.653. The van der Waals surface area contributed by atoms with Gasteiger partial charge in [-0.3, -0.25) is 0 Å². The molecule has 2 saturated heterocycles. The lowest BCUT2D eigenvalue weighted by molar-refractivity contribution is 0.128. The third-order valence-electron chi connectivity index (χ3n) is 5.95. The van der Waals surface area contributed by atoms with Gasteiger partial charge >= 0.3 is 0 Å². The number of hydrogen-bond donors (Lipinski definition) is 0. The van der Waals surface area contributed by atoms with Crippen LogP contribution in [-0.2, 0) is 6.54 Å². The van der Waals surface area contributed by atoms with Crippen LogP contribution in [0.2, 0.25) is 10.0 Å². The number of benzene rings is 1. The van der Waals surface area contributed by atoms with Gasteiger partial charge in [-0.15, -0.1) is 0 Å². The van der Waals surface area contributed by atoms with E-state index < -0.39 is 0 Å². The van der Waals surface area contributed by atoms with Crippen LogP contribution in [0, 0.1) is 17.8 Å². The molecule has 6 rings (SSSR count). The average molecular weight is 321 g/mol. The highest BCUT2D eigenvalue weighted by molar-refractivity contribution is 6.42. The maximum absolute atomic E-state index is 6.44. The van der Waals surface area contributed by atoms with Crippen molar-refractivity contribution in [2.75, 3.05) is 0 Å². The molecule has 0 N–H and O–H groups in total. The summed E-state index contributed by atoms with van der Waals surface area (Å²) in [5, 5.41) is 1.34. The molecule has 2 saturated carbocycles. The van der Waals surface area contributed by atoms with Crippen molar-refractivity contribution in [2.24, 2.45) is 22.7 Å². The number of hydrogen-bond acceptors (Lipinski definition) is 2. The summed E-state index contributed by atoms with van der Waals surface area (Å²) in [7, 11) is 0. The van der Waals surface area contributed by atoms with Gasteiger partial charge in [-0.2, -0.15) is 0 Å². The summed E-state index contributed by atoms with van der Waals surface area (Å²) in [6.45, 7) is 0.897. The molecule has 110 valence electrons. The molecule has 2 unspecified atom stereocenters. The molecule has 0 spiro atoms. The van der Waals surface area contributed by atoms with E-state index in [2.05, 4.69) is 4.90 Å². The predicted molar refractivity (Wildman–Crippen MR) is 86.4 cm³/mol. The SMILES string of the molecule is Clc1ccc2c(c1Cl)CN1C(=N2)C2CC3CC(C2)CC1C3. The van der Waals surface area contributed by atoms with Crippen molar-refractivity contribution in [2.45, 2.75) is 44.7 Å². The summed E-state index contributed by atoms with van der Waals surface area (Å²) < 4.78 is 0. The van der Waals surface area contributed by atoms with Crippen LogP contribution in [0.1, 0.15) is 37.7 Å². The minimum Gasteiger partial charge on any atom is -0.352 e. The van der Waals surface area contributed by atoms with Crippen LogP contribution < -0.4 is 0 Å². The maximum Gasteiger partial charge on any atom is 0.108 e. The van der Waals surface area contributed by atoms with E-state index in [1.807, 2.05) is 12.1 Å². The van der Waals surface area contributed by atoms with E-state index in [0.29, 0.717) is 22.0 Å². The number of aliphatic imine (C=N–C) groups is 1. The first-order chi connectivity index (χ1) is 10.2. The Morgan fingerprint density at radius 3 is 2.52 bits per heavy atom. The largest absolute Gasteiger partial charge is 0.352 e. The van der Waals surface area contributed by atoms with E-state index in [1.54, 1.807) is 0 Å². The lowest BCUT2D eigenvalue weighted by Crippen LogP contribution is -2.42. The zero-order chi connectivity index (χ0) is 14.1. The van der Waals surface area contributed by atoms with Gasteiger partial charge in [-0.1, -0.05) is 23.2 Å². The molecule has 3 heterocycles. The first-order valence-electron chi connectivity index (χ1n) is 8.01. The molecule has 2 nitrogen and oxygen atoms in total. The van der Waals surface area contributed by atoms with Crippen LogP contribution in [0.3, 0.4) is 0 Å². The van der Waals surface area contributed by atoms with Gasteiger partial charge in [0.05, 0.1) is 15.7 Å². The van der Waals surface area contributed by atoms with E-state index in [0.717, 1.165) is 29.6 Å². The first-order valence-corrected chi connectivity index (χ1v) is 8.76. The second-order valence-corrected chi connectivity index (χ2v) is 8.00. The third-order valence-corrected chi connectivity index (χ3v) is 6.79. The molecular weight excluding hydrogens is 303 g/mol. The Kier molecular flexibility index (Phi) is 2.67. The van der Waals surface area contributed by atoms with Crippen molar-refractivity contribution in [3.8, 4) is 0 Å². The van der Waals surface area contributed by atoms with Gasteiger partial charge in [0.2, 0.25) is 0 Å². The topological polar surface area (TPSA) is 15.6 Å². The van der Waals surface area contributed by atoms with Gasteiger partial charge in [0.1, 0.15) is 5.84 Å². The zero-order valence-corrected chi connectivity index (χ0v) is 13.4. The average Bonchev–Trinajstić information content (AvgIpc) is 2.64. The van der Waals surface area contributed by atoms with Crippen molar-refractivity contribution >= 4 is 34.7 Å². The van der Waals surface area contributed by atoms with Crippen molar-refractivity contribution < 1.29 is 0 Å². The molecule has 0 amide bonds. The predicted octanol–water partition coefficient (Wildman–Crippen LogP) is 5.05. The van der Waals surface area contributed by atoms with Crippen molar-refractivity contribution in [3.63, 3.8) is 0 Å². The van der Waals surface area contributed by atoms with E-state index >= 15 is 0 Å². The fourth-order valence-corrected chi connectivity index (χ4v) is 5.60. The highest BCUT2D eigenvalue weighted by Crippen LogP contribution is 2.51. The van der Waals surface area contributed by atoms with Crippen LogP contribution in [0.25, 0.3) is 0 Å². The standard InChI is InChI=1S/C17H18Cl2N2/c18-14-1-2-15-13(16(14)19)8-21-12-6-9-3-10(7-12)5-11(4-9)17(21)20-15/h1-2,9-12H,3-8H2. The number of halogens is 2. The fourth-order valence-electron chi connectivity index (χ4n) is 5.20. The van der Waals surface area contributed by atoms with Gasteiger partial charge in [-0.05, 0) is 56.1 Å². The van der Waals surface area contributed by atoms with Crippen LogP contribution in [0.5, 0.6) is 0 Å². The molecule has 3 aliphatic heterocycles. The Labute approximate surface area is 135 Å². The van der Waals surface area contributed by atoms with Crippen molar-refractivity contribution in [1.29, 1.82) is 0 Å². The Morgan fingerprint density at radius 1 is 1.00 bits per heavy atom. The van der Waals surface area contributed by atoms with Crippen LogP contribution in [0.4, 0.5) is 5.69 Å². The number of nitrogens with zero attached hydrogens (tertiary/aromatic N) is 2. The summed E-state index contributed by atoms with van der Waals surface area (Å²) in [4.78, 5) is 7.59. The summed E-state index contributed by atoms with van der Waals surface area (Å²) >= 11 is 12.6. The molecule has 2 aliphatic carbocycles. The number of amidine groups is 1. The second-order valence-electron chi connectivity index (χ2n) is 7.22. The summed E-state index contributed by atoms with van der Waals surface area (Å²) in [5.74, 6) is 3.85. The molecule has 21 heavy (non-hydrogen) atoms. The van der Waals surface area contributed by atoms with Gasteiger partial charge in [-0.25, -0.2) is 4.99 Å². The number of fused-ring (bicyclic) bond motifs is 1. The highest BCUT2D eigenvalue weighted by atomic mass is 35.5. The Balaban J connectivity index is 1.66. The smallest absolute Gasteiger partial charge is 0.108 e. The minimum absolute atomic E-state index is 0.648. The van der Waals surface area contributed by atoms with Crippen LogP contribution in [0.15, 0.2) is 17.1 Å². The van der Waals surface area contributed by atoms with E-state index in [1.165, 1.54) is 37.9 Å². The third kappa shape index (κ3) is 1.82. The molecule has 4 fully saturated rings. The monoisotopic (exact) mass is 320 g/mol. The van der Waals surface area contributed by atoms with Crippen LogP contribution >= 0.6 is 23.2 Å². The van der Waals surface area contributed by atoms with Gasteiger partial charge in [0.25, 0.3) is 0 Å². The van der Waals surface area contributed by atoms with Gasteiger partial charge in [0, 0.05) is 24.1 Å². The lowest BCUT2D eigenvalue weighted by atomic mass is 9.68. The zero-order valence-electron chi connectivity index (χ0n) is 11.9. The summed E-state index contributed by atoms with van der Waals surface area (Å²) in [6.07, 6.45) is 6.84. The Bertz CT molecular complexity index is 640. The summed E-state index contributed by atoms with van der Waals surface area (Å²) in [5.41, 5.74) is 2.16. The summed E-state index contributed by atoms with van der Waals surface area (Å²) in [6, 6.07) is 4.58. The van der Waals surface area contributed by atoms with Gasteiger partial charge < -0.3 is 4.90 Å². The lowest BCUT2D eigenvalue weighted by Gasteiger charge is -2.39. The maximum atomic E-state index is 6.44. The van der Waals surface area contributed by atoms with Crippen molar-refractivity contribution in [3.05, 3.63) is 27.7 Å². The Hall–Kier alpha value is -0.730. The molecule has 4 bridgehead atoms. The van der Waals surface area contributed by atoms with E-state index in [-0.39, 0.29) is 0 Å². The van der Waals surface area contributed by atoms with Crippen LogP contribution in [-0.4, -0.2) is 16.8 Å². The highest BCUT2D eigenvalue weighted by Gasteiger charge is 2.46. The van der Waals surface area contributed by atoms with E-state index in [4.69, 9.17) is 28.2 Å². The van der Waals surface area contributed by atoms with Crippen molar-refractivity contribution in [1.82, 2.24) is 4.90 Å². The van der Waals surface area contributed by atoms with E-state index in [9.17, 15) is 0 Å². The molecule has 1 aromatic carbocycles. The molecule has 0 aromatic heterocycles. The molecule has 4 heteroatoms. The fraction of sp³-hybridized carbons (Fsp3) is 0.588. The molecule has 2 atom stereocenters. The molecule has 5 aliphatic rings.